The Morgan fingerprint density at radius 3 is 2.47 bits per heavy atom. The largest absolute Gasteiger partial charge is 0.443 e. The van der Waals surface area contributed by atoms with Gasteiger partial charge in [-0.15, -0.1) is 0 Å². The van der Waals surface area contributed by atoms with Crippen molar-refractivity contribution in [3.8, 4) is 0 Å². The summed E-state index contributed by atoms with van der Waals surface area (Å²) in [7, 11) is -2.28. The second-order valence-electron chi connectivity index (χ2n) is 9.16. The second kappa shape index (κ2) is 8.96. The fourth-order valence-electron chi connectivity index (χ4n) is 3.76. The van der Waals surface area contributed by atoms with Gasteiger partial charge >= 0.3 is 6.09 Å². The summed E-state index contributed by atoms with van der Waals surface area (Å²) in [5, 5.41) is 4.65. The van der Waals surface area contributed by atoms with Crippen LogP contribution in [0.3, 0.4) is 0 Å². The Balaban J connectivity index is 1.71. The fraction of sp³-hybridized carbons (Fsp3) is 0.333. The summed E-state index contributed by atoms with van der Waals surface area (Å²) in [5.74, 6) is 0. The number of fused-ring (bicyclic) bond motifs is 1. The number of ether oxygens (including phenoxy) is 1. The number of nitrogens with zero attached hydrogens (tertiary/aromatic N) is 4. The van der Waals surface area contributed by atoms with Crippen LogP contribution in [0.25, 0.3) is 0 Å². The van der Waals surface area contributed by atoms with E-state index in [1.807, 2.05) is 26.8 Å². The molecule has 0 saturated heterocycles. The number of sulfonamides is 1. The van der Waals surface area contributed by atoms with E-state index in [9.17, 15) is 13.2 Å². The summed E-state index contributed by atoms with van der Waals surface area (Å²) in [4.78, 5) is 14.2. The fourth-order valence-corrected chi connectivity index (χ4v) is 5.29. The highest BCUT2D eigenvalue weighted by Crippen LogP contribution is 2.35. The first kappa shape index (κ1) is 24.1. The molecule has 34 heavy (non-hydrogen) atoms. The number of hydrogen-bond donors (Lipinski definition) is 0. The lowest BCUT2D eigenvalue weighted by Crippen LogP contribution is -2.35. The van der Waals surface area contributed by atoms with Crippen molar-refractivity contribution in [1.29, 1.82) is 0 Å². The first-order chi connectivity index (χ1) is 15.9. The molecule has 1 amide bonds. The highest BCUT2D eigenvalue weighted by atomic mass is 35.5. The molecule has 0 radical (unpaired) electrons. The molecule has 1 aliphatic rings. The van der Waals surface area contributed by atoms with Crippen molar-refractivity contribution in [2.75, 3.05) is 15.7 Å². The Kier molecular flexibility index (Phi) is 6.35. The lowest BCUT2D eigenvalue weighted by Gasteiger charge is -2.26. The van der Waals surface area contributed by atoms with Gasteiger partial charge in [0.1, 0.15) is 5.60 Å². The maximum absolute atomic E-state index is 13.6. The van der Waals surface area contributed by atoms with Crippen LogP contribution in [0.15, 0.2) is 59.8 Å². The number of aryl methyl sites for hydroxylation is 1. The summed E-state index contributed by atoms with van der Waals surface area (Å²) in [5.41, 5.74) is 2.26. The van der Waals surface area contributed by atoms with Crippen molar-refractivity contribution >= 4 is 39.1 Å². The Labute approximate surface area is 204 Å². The highest BCUT2D eigenvalue weighted by molar-refractivity contribution is 7.92. The quantitative estimate of drug-likeness (QED) is 0.502. The van der Waals surface area contributed by atoms with Gasteiger partial charge in [-0.3, -0.25) is 13.9 Å². The molecule has 0 N–H and O–H groups in total. The van der Waals surface area contributed by atoms with Gasteiger partial charge in [0.05, 0.1) is 17.9 Å². The van der Waals surface area contributed by atoms with E-state index in [1.165, 1.54) is 15.1 Å². The van der Waals surface area contributed by atoms with Crippen molar-refractivity contribution in [3.05, 3.63) is 70.9 Å². The van der Waals surface area contributed by atoms with E-state index in [0.29, 0.717) is 23.7 Å². The average Bonchev–Trinajstić information content (AvgIpc) is 3.38. The molecule has 180 valence electrons. The van der Waals surface area contributed by atoms with E-state index in [2.05, 4.69) is 5.10 Å². The minimum absolute atomic E-state index is 0.0418. The standard InChI is InChI=1S/C24H27ClN4O4S/c1-24(2,3)33-23(30)28-14-11-18-15-20(9-10-21(18)28)29(16-17-5-7-19(25)8-6-17)34(31,32)22-12-13-27(4)26-22/h5-10,12-13,15H,11,14,16H2,1-4H3. The van der Waals surface area contributed by atoms with Crippen LogP contribution in [0, 0.1) is 0 Å². The molecule has 3 aromatic rings. The van der Waals surface area contributed by atoms with Crippen LogP contribution in [0.2, 0.25) is 5.02 Å². The molecule has 0 saturated carbocycles. The van der Waals surface area contributed by atoms with Crippen molar-refractivity contribution < 1.29 is 17.9 Å². The maximum atomic E-state index is 13.6. The Bertz CT molecular complexity index is 1310. The van der Waals surface area contributed by atoms with Crippen molar-refractivity contribution in [2.24, 2.45) is 7.05 Å². The predicted molar refractivity (Wildman–Crippen MR) is 132 cm³/mol. The Morgan fingerprint density at radius 1 is 1.15 bits per heavy atom. The summed E-state index contributed by atoms with van der Waals surface area (Å²) < 4.78 is 35.5. The molecule has 0 spiro atoms. The number of aromatic nitrogens is 2. The van der Waals surface area contributed by atoms with Crippen LogP contribution in [-0.2, 0) is 34.8 Å². The minimum atomic E-state index is -3.95. The second-order valence-corrected chi connectivity index (χ2v) is 11.4. The molecular weight excluding hydrogens is 476 g/mol. The van der Waals surface area contributed by atoms with Crippen molar-refractivity contribution in [2.45, 2.75) is 44.4 Å². The molecular formula is C24H27ClN4O4S. The Morgan fingerprint density at radius 2 is 1.85 bits per heavy atom. The molecule has 0 atom stereocenters. The number of anilines is 2. The maximum Gasteiger partial charge on any atom is 0.414 e. The summed E-state index contributed by atoms with van der Waals surface area (Å²) >= 11 is 6.01. The molecule has 0 bridgehead atoms. The third-order valence-electron chi connectivity index (χ3n) is 5.34. The van der Waals surface area contributed by atoms with E-state index < -0.39 is 21.7 Å². The number of carbonyl (C=O) groups is 1. The Hall–Kier alpha value is -3.04. The molecule has 2 aromatic carbocycles. The third-order valence-corrected chi connectivity index (χ3v) is 7.26. The number of benzene rings is 2. The van der Waals surface area contributed by atoms with Crippen molar-refractivity contribution in [1.82, 2.24) is 9.78 Å². The van der Waals surface area contributed by atoms with Crippen LogP contribution in [-0.4, -0.2) is 36.4 Å². The van der Waals surface area contributed by atoms with E-state index in [4.69, 9.17) is 16.3 Å². The number of rotatable bonds is 5. The first-order valence-corrected chi connectivity index (χ1v) is 12.7. The molecule has 2 heterocycles. The molecule has 4 rings (SSSR count). The van der Waals surface area contributed by atoms with Crippen LogP contribution < -0.4 is 9.21 Å². The van der Waals surface area contributed by atoms with Gasteiger partial charge < -0.3 is 4.74 Å². The normalized spacial score (nSPS) is 13.6. The van der Waals surface area contributed by atoms with Crippen LogP contribution in [0.4, 0.5) is 16.2 Å². The van der Waals surface area contributed by atoms with Gasteiger partial charge in [-0.2, -0.15) is 13.5 Å². The molecule has 1 aromatic heterocycles. The monoisotopic (exact) mass is 502 g/mol. The van der Waals surface area contributed by atoms with Gasteiger partial charge in [-0.1, -0.05) is 23.7 Å². The SMILES string of the molecule is Cn1ccc(S(=O)(=O)N(Cc2ccc(Cl)cc2)c2ccc3c(c2)CCN3C(=O)OC(C)(C)C)n1. The van der Waals surface area contributed by atoms with Crippen LogP contribution in [0.1, 0.15) is 31.9 Å². The number of hydrogen-bond acceptors (Lipinski definition) is 5. The van der Waals surface area contributed by atoms with E-state index >= 15 is 0 Å². The molecule has 0 aliphatic carbocycles. The predicted octanol–water partition coefficient (Wildman–Crippen LogP) is 4.77. The minimum Gasteiger partial charge on any atom is -0.443 e. The van der Waals surface area contributed by atoms with Gasteiger partial charge in [-0.25, -0.2) is 4.79 Å². The highest BCUT2D eigenvalue weighted by Gasteiger charge is 2.32. The third kappa shape index (κ3) is 5.05. The zero-order valence-corrected chi connectivity index (χ0v) is 21.1. The van der Waals surface area contributed by atoms with Gasteiger partial charge in [0.15, 0.2) is 5.03 Å². The van der Waals surface area contributed by atoms with E-state index in [0.717, 1.165) is 16.8 Å². The summed E-state index contributed by atoms with van der Waals surface area (Å²) in [6.45, 7) is 6.04. The molecule has 0 unspecified atom stereocenters. The summed E-state index contributed by atoms with van der Waals surface area (Å²) in [6.07, 6.45) is 1.77. The lowest BCUT2D eigenvalue weighted by atomic mass is 10.1. The van der Waals surface area contributed by atoms with Crippen LogP contribution in [0.5, 0.6) is 0 Å². The smallest absolute Gasteiger partial charge is 0.414 e. The van der Waals surface area contributed by atoms with Gasteiger partial charge in [0.25, 0.3) is 10.0 Å². The van der Waals surface area contributed by atoms with Crippen LogP contribution >= 0.6 is 11.6 Å². The number of amides is 1. The van der Waals surface area contributed by atoms with Gasteiger partial charge in [0.2, 0.25) is 0 Å². The molecule has 8 nitrogen and oxygen atoms in total. The first-order valence-electron chi connectivity index (χ1n) is 10.8. The zero-order valence-electron chi connectivity index (χ0n) is 19.5. The lowest BCUT2D eigenvalue weighted by molar-refractivity contribution is 0.0584. The topological polar surface area (TPSA) is 84.7 Å². The zero-order chi connectivity index (χ0) is 24.7. The van der Waals surface area contributed by atoms with Gasteiger partial charge in [-0.05, 0) is 74.7 Å². The molecule has 10 heteroatoms. The molecule has 0 fully saturated rings. The van der Waals surface area contributed by atoms with E-state index in [1.54, 1.807) is 54.5 Å². The molecule has 1 aliphatic heterocycles. The summed E-state index contributed by atoms with van der Waals surface area (Å²) in [6, 6.07) is 13.8. The van der Waals surface area contributed by atoms with E-state index in [-0.39, 0.29) is 11.6 Å². The average molecular weight is 503 g/mol. The number of halogens is 1. The van der Waals surface area contributed by atoms with Crippen molar-refractivity contribution in [3.63, 3.8) is 0 Å². The number of carbonyl (C=O) groups excluding carboxylic acids is 1. The van der Waals surface area contributed by atoms with Gasteiger partial charge in [0, 0.05) is 24.8 Å².